The molecule has 6 aromatic rings. The number of benzene rings is 2. The number of nitrogens with zero attached hydrogens (tertiary/aromatic N) is 3. The molecule has 6 rings (SSSR count). The van der Waals surface area contributed by atoms with Gasteiger partial charge in [0.2, 0.25) is 0 Å². The number of fused-ring (bicyclic) bond motifs is 2. The van der Waals surface area contributed by atoms with Crippen molar-refractivity contribution < 1.29 is 4.21 Å². The molecular formula is C31H23ClN4O2S. The zero-order valence-corrected chi connectivity index (χ0v) is 22.6. The molecule has 39 heavy (non-hydrogen) atoms. The lowest BCUT2D eigenvalue weighted by Gasteiger charge is -2.13. The first-order chi connectivity index (χ1) is 19.0. The summed E-state index contributed by atoms with van der Waals surface area (Å²) in [7, 11) is -1.28. The van der Waals surface area contributed by atoms with Gasteiger partial charge in [-0.2, -0.15) is 0 Å². The summed E-state index contributed by atoms with van der Waals surface area (Å²) in [6.45, 7) is 1.91. The summed E-state index contributed by atoms with van der Waals surface area (Å²) >= 11 is 6.63. The molecule has 6 nitrogen and oxygen atoms in total. The Labute approximate surface area is 232 Å². The van der Waals surface area contributed by atoms with Crippen molar-refractivity contribution in [3.8, 4) is 22.4 Å². The van der Waals surface area contributed by atoms with Gasteiger partial charge >= 0.3 is 0 Å². The number of rotatable bonds is 6. The van der Waals surface area contributed by atoms with Crippen molar-refractivity contribution in [3.05, 3.63) is 123 Å². The zero-order valence-electron chi connectivity index (χ0n) is 21.0. The lowest BCUT2D eigenvalue weighted by Crippen LogP contribution is -2.14. The summed E-state index contributed by atoms with van der Waals surface area (Å²) in [4.78, 5) is 30.4. The monoisotopic (exact) mass is 550 g/mol. The van der Waals surface area contributed by atoms with E-state index in [4.69, 9.17) is 16.6 Å². The van der Waals surface area contributed by atoms with E-state index in [1.165, 1.54) is 0 Å². The van der Waals surface area contributed by atoms with E-state index >= 15 is 0 Å². The summed E-state index contributed by atoms with van der Waals surface area (Å²) < 4.78 is 12.9. The molecule has 1 N–H and O–H groups in total. The molecule has 8 heteroatoms. The number of hydrogen-bond donors (Lipinski definition) is 1. The van der Waals surface area contributed by atoms with Crippen LogP contribution in [0, 0.1) is 6.92 Å². The fourth-order valence-corrected chi connectivity index (χ4v) is 6.11. The maximum Gasteiger partial charge on any atom is 0.195 e. The van der Waals surface area contributed by atoms with Gasteiger partial charge in [0.25, 0.3) is 0 Å². The van der Waals surface area contributed by atoms with Crippen molar-refractivity contribution in [2.75, 3.05) is 0 Å². The second-order valence-electron chi connectivity index (χ2n) is 9.36. The Hall–Kier alpha value is -4.20. The first-order valence-electron chi connectivity index (χ1n) is 12.4. The topological polar surface area (TPSA) is 88.6 Å². The standard InChI is InChI=1S/C31H23ClN4O2S/c1-19-9-10-20(15-34-19)17-39(38)18-24-16-35-31-26(30(24)37)14-25(28(36-31)21-6-3-2-4-7-21)23-12-22-8-5-11-33-29(22)27(32)13-23/h2-16H,17-18H2,1H3,(H,35,36,37). The molecular weight excluding hydrogens is 528 g/mol. The summed E-state index contributed by atoms with van der Waals surface area (Å²) in [5, 5.41) is 1.84. The van der Waals surface area contributed by atoms with E-state index in [9.17, 15) is 9.00 Å². The van der Waals surface area contributed by atoms with Crippen LogP contribution in [0.15, 0.2) is 96.2 Å². The molecule has 0 aliphatic heterocycles. The summed E-state index contributed by atoms with van der Waals surface area (Å²) in [6, 6.07) is 23.2. The minimum absolute atomic E-state index is 0.127. The van der Waals surface area contributed by atoms with Gasteiger partial charge in [-0.05, 0) is 48.4 Å². The average Bonchev–Trinajstić information content (AvgIpc) is 2.96. The van der Waals surface area contributed by atoms with E-state index in [2.05, 4.69) is 15.0 Å². The fourth-order valence-electron chi connectivity index (χ4n) is 4.63. The molecule has 192 valence electrons. The van der Waals surface area contributed by atoms with Crippen molar-refractivity contribution in [2.45, 2.75) is 18.4 Å². The minimum Gasteiger partial charge on any atom is -0.346 e. The molecule has 0 radical (unpaired) electrons. The third kappa shape index (κ3) is 5.11. The van der Waals surface area contributed by atoms with Crippen LogP contribution in [-0.4, -0.2) is 24.1 Å². The van der Waals surface area contributed by atoms with Gasteiger partial charge < -0.3 is 4.98 Å². The highest BCUT2D eigenvalue weighted by atomic mass is 35.5. The predicted molar refractivity (Wildman–Crippen MR) is 158 cm³/mol. The van der Waals surface area contributed by atoms with E-state index in [-0.39, 0.29) is 11.2 Å². The number of nitrogens with one attached hydrogen (secondary N) is 1. The van der Waals surface area contributed by atoms with E-state index in [0.717, 1.165) is 39.0 Å². The molecule has 0 aliphatic rings. The van der Waals surface area contributed by atoms with E-state index in [1.807, 2.05) is 79.7 Å². The highest BCUT2D eigenvalue weighted by Gasteiger charge is 2.17. The van der Waals surface area contributed by atoms with Crippen LogP contribution in [0.5, 0.6) is 0 Å². The number of aromatic amines is 1. The molecule has 4 aromatic heterocycles. The molecule has 0 saturated heterocycles. The smallest absolute Gasteiger partial charge is 0.195 e. The van der Waals surface area contributed by atoms with Crippen molar-refractivity contribution in [1.29, 1.82) is 0 Å². The summed E-state index contributed by atoms with van der Waals surface area (Å²) in [5.74, 6) is 0.452. The first kappa shape index (κ1) is 25.1. The first-order valence-corrected chi connectivity index (χ1v) is 14.2. The Kier molecular flexibility index (Phi) is 6.77. The number of aryl methyl sites for hydroxylation is 1. The third-order valence-corrected chi connectivity index (χ3v) is 8.15. The minimum atomic E-state index is -1.28. The van der Waals surface area contributed by atoms with Gasteiger partial charge in [0.05, 0.1) is 33.1 Å². The van der Waals surface area contributed by atoms with Gasteiger partial charge in [-0.1, -0.05) is 54.1 Å². The van der Waals surface area contributed by atoms with Crippen LogP contribution in [0.3, 0.4) is 0 Å². The molecule has 0 fully saturated rings. The van der Waals surface area contributed by atoms with Gasteiger partial charge in [0.15, 0.2) is 5.43 Å². The second kappa shape index (κ2) is 10.5. The highest BCUT2D eigenvalue weighted by Crippen LogP contribution is 2.36. The number of aromatic nitrogens is 4. The quantitative estimate of drug-likeness (QED) is 0.252. The SMILES string of the molecule is Cc1ccc(CS(=O)Cc2c[nH]c3nc(-c4ccccc4)c(-c4cc(Cl)c5ncccc5c4)cc3c2=O)cn1. The maximum atomic E-state index is 13.6. The van der Waals surface area contributed by atoms with Crippen LogP contribution in [0.1, 0.15) is 16.8 Å². The number of hydrogen-bond acceptors (Lipinski definition) is 5. The summed E-state index contributed by atoms with van der Waals surface area (Å²) in [5.41, 5.74) is 6.44. The Morgan fingerprint density at radius 2 is 1.77 bits per heavy atom. The lowest BCUT2D eigenvalue weighted by molar-refractivity contribution is 0.682. The number of halogens is 1. The van der Waals surface area contributed by atoms with Crippen LogP contribution in [0.4, 0.5) is 0 Å². The van der Waals surface area contributed by atoms with Gasteiger partial charge in [0.1, 0.15) is 5.65 Å². The van der Waals surface area contributed by atoms with E-state index in [0.29, 0.717) is 32.9 Å². The molecule has 2 aromatic carbocycles. The largest absolute Gasteiger partial charge is 0.346 e. The van der Waals surface area contributed by atoms with Crippen molar-refractivity contribution in [3.63, 3.8) is 0 Å². The molecule has 4 heterocycles. The van der Waals surface area contributed by atoms with E-state index < -0.39 is 10.8 Å². The van der Waals surface area contributed by atoms with Gasteiger partial charge in [-0.15, -0.1) is 0 Å². The molecule has 0 spiro atoms. The maximum absolute atomic E-state index is 13.6. The normalized spacial score (nSPS) is 12.2. The Morgan fingerprint density at radius 1 is 0.923 bits per heavy atom. The molecule has 0 saturated carbocycles. The van der Waals surface area contributed by atoms with Crippen LogP contribution in [0.2, 0.25) is 5.02 Å². The Balaban J connectivity index is 1.47. The van der Waals surface area contributed by atoms with Crippen LogP contribution in [0.25, 0.3) is 44.3 Å². The van der Waals surface area contributed by atoms with Gasteiger partial charge in [-0.3, -0.25) is 19.0 Å². The third-order valence-electron chi connectivity index (χ3n) is 6.58. The average molecular weight is 551 g/mol. The van der Waals surface area contributed by atoms with Crippen LogP contribution in [-0.2, 0) is 22.3 Å². The van der Waals surface area contributed by atoms with Crippen molar-refractivity contribution in [1.82, 2.24) is 19.9 Å². The highest BCUT2D eigenvalue weighted by molar-refractivity contribution is 7.83. The fraction of sp³-hybridized carbons (Fsp3) is 0.0968. The van der Waals surface area contributed by atoms with Crippen molar-refractivity contribution >= 4 is 44.3 Å². The van der Waals surface area contributed by atoms with Crippen molar-refractivity contribution in [2.24, 2.45) is 0 Å². The van der Waals surface area contributed by atoms with Gasteiger partial charge in [0, 0.05) is 57.2 Å². The predicted octanol–water partition coefficient (Wildman–Crippen LogP) is 6.61. The number of H-pyrrole nitrogens is 1. The number of pyridine rings is 4. The zero-order chi connectivity index (χ0) is 26.9. The Morgan fingerprint density at radius 3 is 2.56 bits per heavy atom. The molecule has 0 aliphatic carbocycles. The molecule has 1 unspecified atom stereocenters. The van der Waals surface area contributed by atoms with E-state index in [1.54, 1.807) is 18.6 Å². The summed E-state index contributed by atoms with van der Waals surface area (Å²) in [6.07, 6.45) is 5.06. The van der Waals surface area contributed by atoms with Crippen LogP contribution >= 0.6 is 11.6 Å². The van der Waals surface area contributed by atoms with Crippen LogP contribution < -0.4 is 5.43 Å². The molecule has 0 bridgehead atoms. The second-order valence-corrected chi connectivity index (χ2v) is 11.2. The lowest BCUT2D eigenvalue weighted by atomic mass is 9.96. The molecule has 1 atom stereocenters. The molecule has 0 amide bonds. The van der Waals surface area contributed by atoms with Gasteiger partial charge in [-0.25, -0.2) is 4.98 Å². The Bertz CT molecular complexity index is 1920.